The quantitative estimate of drug-likeness (QED) is 0.568. The van der Waals surface area contributed by atoms with Gasteiger partial charge < -0.3 is 10.6 Å². The van der Waals surface area contributed by atoms with Crippen molar-refractivity contribution in [2.75, 3.05) is 19.6 Å². The number of rotatable bonds is 11. The molecule has 1 aliphatic rings. The third-order valence-corrected chi connectivity index (χ3v) is 4.70. The Hall–Kier alpha value is -0.570. The molecule has 0 bridgehead atoms. The summed E-state index contributed by atoms with van der Waals surface area (Å²) in [7, 11) is 0. The molecule has 0 radical (unpaired) electrons. The van der Waals surface area contributed by atoms with Crippen LogP contribution < -0.4 is 10.6 Å². The van der Waals surface area contributed by atoms with Crippen molar-refractivity contribution in [1.29, 1.82) is 0 Å². The average Bonchev–Trinajstić information content (AvgIpc) is 2.51. The molecular weight excluding hydrogens is 260 g/mol. The summed E-state index contributed by atoms with van der Waals surface area (Å²) < 4.78 is 0. The Bertz CT molecular complexity index is 262. The molecule has 0 aromatic rings. The molecule has 0 spiro atoms. The molecule has 1 heterocycles. The van der Waals surface area contributed by atoms with E-state index in [1.54, 1.807) is 0 Å². The van der Waals surface area contributed by atoms with Gasteiger partial charge in [0.2, 0.25) is 5.91 Å². The second-order valence-electron chi connectivity index (χ2n) is 6.71. The van der Waals surface area contributed by atoms with Gasteiger partial charge in [0.05, 0.1) is 0 Å². The first-order valence-electron chi connectivity index (χ1n) is 9.23. The number of hydrogen-bond donors (Lipinski definition) is 2. The van der Waals surface area contributed by atoms with Crippen molar-refractivity contribution in [1.82, 2.24) is 10.6 Å². The minimum absolute atomic E-state index is 0.283. The first kappa shape index (κ1) is 18.5. The van der Waals surface area contributed by atoms with Crippen LogP contribution in [0.15, 0.2) is 0 Å². The van der Waals surface area contributed by atoms with Crippen LogP contribution in [0.3, 0.4) is 0 Å². The fourth-order valence-corrected chi connectivity index (χ4v) is 3.20. The van der Waals surface area contributed by atoms with Gasteiger partial charge in [-0.2, -0.15) is 0 Å². The predicted molar refractivity (Wildman–Crippen MR) is 90.4 cm³/mol. The molecule has 1 atom stereocenters. The Balaban J connectivity index is 2.21. The fraction of sp³-hybridized carbons (Fsp3) is 0.944. The van der Waals surface area contributed by atoms with Gasteiger partial charge in [-0.1, -0.05) is 46.0 Å². The van der Waals surface area contributed by atoms with Crippen molar-refractivity contribution >= 4 is 5.91 Å². The number of piperidine rings is 1. The van der Waals surface area contributed by atoms with Crippen molar-refractivity contribution < 1.29 is 4.79 Å². The zero-order chi connectivity index (χ0) is 15.3. The Labute approximate surface area is 131 Å². The van der Waals surface area contributed by atoms with Crippen LogP contribution >= 0.6 is 0 Å². The molecule has 0 aliphatic carbocycles. The van der Waals surface area contributed by atoms with Crippen molar-refractivity contribution in [2.24, 2.45) is 11.8 Å². The van der Waals surface area contributed by atoms with Gasteiger partial charge in [-0.15, -0.1) is 0 Å². The van der Waals surface area contributed by atoms with Crippen LogP contribution in [0.2, 0.25) is 0 Å². The van der Waals surface area contributed by atoms with Gasteiger partial charge in [0.15, 0.2) is 0 Å². The van der Waals surface area contributed by atoms with E-state index in [1.807, 2.05) is 0 Å². The third kappa shape index (κ3) is 9.13. The standard InChI is InChI=1S/C18H36N2O/c1-3-5-7-9-16(8-6-4-2)14-18(21)20-15-17-10-12-19-13-11-17/h16-17,19H,3-15H2,1-2H3,(H,20,21). The number of hydrogen-bond acceptors (Lipinski definition) is 2. The van der Waals surface area contributed by atoms with Crippen LogP contribution in [0.5, 0.6) is 0 Å². The Morgan fingerprint density at radius 3 is 2.43 bits per heavy atom. The number of unbranched alkanes of at least 4 members (excludes halogenated alkanes) is 3. The normalized spacial score (nSPS) is 17.6. The van der Waals surface area contributed by atoms with E-state index in [2.05, 4.69) is 24.5 Å². The maximum atomic E-state index is 12.2. The summed E-state index contributed by atoms with van der Waals surface area (Å²) in [6.45, 7) is 7.58. The van der Waals surface area contributed by atoms with Gasteiger partial charge in [-0.3, -0.25) is 4.79 Å². The molecule has 0 aromatic carbocycles. The molecule has 0 saturated carbocycles. The summed E-state index contributed by atoms with van der Waals surface area (Å²) in [5.41, 5.74) is 0. The largest absolute Gasteiger partial charge is 0.356 e. The highest BCUT2D eigenvalue weighted by Gasteiger charge is 2.16. The summed E-state index contributed by atoms with van der Waals surface area (Å²) in [5, 5.41) is 6.56. The zero-order valence-electron chi connectivity index (χ0n) is 14.3. The van der Waals surface area contributed by atoms with Crippen molar-refractivity contribution in [3.8, 4) is 0 Å². The highest BCUT2D eigenvalue weighted by atomic mass is 16.1. The van der Waals surface area contributed by atoms with Crippen LogP contribution in [0, 0.1) is 11.8 Å². The molecule has 3 heteroatoms. The SMILES string of the molecule is CCCCCC(CCCC)CC(=O)NCC1CCNCC1. The molecule has 1 saturated heterocycles. The van der Waals surface area contributed by atoms with Gasteiger partial charge in [0, 0.05) is 13.0 Å². The van der Waals surface area contributed by atoms with E-state index >= 15 is 0 Å². The summed E-state index contributed by atoms with van der Waals surface area (Å²) in [6, 6.07) is 0. The summed E-state index contributed by atoms with van der Waals surface area (Å²) in [5.74, 6) is 1.57. The number of nitrogens with one attached hydrogen (secondary N) is 2. The molecule has 1 amide bonds. The lowest BCUT2D eigenvalue weighted by Crippen LogP contribution is -2.36. The highest BCUT2D eigenvalue weighted by molar-refractivity contribution is 5.76. The van der Waals surface area contributed by atoms with E-state index in [1.165, 1.54) is 57.8 Å². The van der Waals surface area contributed by atoms with Crippen LogP contribution in [0.1, 0.15) is 78.1 Å². The zero-order valence-corrected chi connectivity index (χ0v) is 14.3. The molecule has 1 rings (SSSR count). The number of carbonyl (C=O) groups excluding carboxylic acids is 1. The van der Waals surface area contributed by atoms with Gasteiger partial charge >= 0.3 is 0 Å². The molecule has 124 valence electrons. The smallest absolute Gasteiger partial charge is 0.220 e. The Kier molecular flexibility index (Phi) is 10.6. The second-order valence-corrected chi connectivity index (χ2v) is 6.71. The van der Waals surface area contributed by atoms with E-state index in [-0.39, 0.29) is 5.91 Å². The lowest BCUT2D eigenvalue weighted by molar-refractivity contribution is -0.122. The van der Waals surface area contributed by atoms with E-state index in [0.29, 0.717) is 11.8 Å². The Morgan fingerprint density at radius 1 is 1.10 bits per heavy atom. The van der Waals surface area contributed by atoms with Crippen molar-refractivity contribution in [3.63, 3.8) is 0 Å². The molecule has 1 unspecified atom stereocenters. The third-order valence-electron chi connectivity index (χ3n) is 4.70. The van der Waals surface area contributed by atoms with Gasteiger partial charge in [-0.25, -0.2) is 0 Å². The number of carbonyl (C=O) groups is 1. The average molecular weight is 296 g/mol. The lowest BCUT2D eigenvalue weighted by Gasteiger charge is -2.23. The first-order chi connectivity index (χ1) is 10.3. The molecule has 3 nitrogen and oxygen atoms in total. The molecule has 1 fully saturated rings. The maximum absolute atomic E-state index is 12.2. The minimum atomic E-state index is 0.283. The predicted octanol–water partition coefficient (Wildman–Crippen LogP) is 3.88. The van der Waals surface area contributed by atoms with Gasteiger partial charge in [0.25, 0.3) is 0 Å². The maximum Gasteiger partial charge on any atom is 0.220 e. The van der Waals surface area contributed by atoms with E-state index in [0.717, 1.165) is 26.1 Å². The van der Waals surface area contributed by atoms with E-state index in [9.17, 15) is 4.79 Å². The first-order valence-corrected chi connectivity index (χ1v) is 9.23. The molecule has 21 heavy (non-hydrogen) atoms. The monoisotopic (exact) mass is 296 g/mol. The van der Waals surface area contributed by atoms with Crippen molar-refractivity contribution in [2.45, 2.75) is 78.1 Å². The molecule has 0 aromatic heterocycles. The lowest BCUT2D eigenvalue weighted by atomic mass is 9.92. The minimum Gasteiger partial charge on any atom is -0.356 e. The topological polar surface area (TPSA) is 41.1 Å². The van der Waals surface area contributed by atoms with Crippen LogP contribution in [0.25, 0.3) is 0 Å². The second kappa shape index (κ2) is 12.0. The molecule has 1 aliphatic heterocycles. The Morgan fingerprint density at radius 2 is 1.76 bits per heavy atom. The van der Waals surface area contributed by atoms with Crippen LogP contribution in [0.4, 0.5) is 0 Å². The van der Waals surface area contributed by atoms with Gasteiger partial charge in [-0.05, 0) is 50.6 Å². The number of amides is 1. The van der Waals surface area contributed by atoms with Crippen LogP contribution in [-0.4, -0.2) is 25.5 Å². The fourth-order valence-electron chi connectivity index (χ4n) is 3.20. The molecule has 2 N–H and O–H groups in total. The van der Waals surface area contributed by atoms with Crippen LogP contribution in [-0.2, 0) is 4.79 Å². The highest BCUT2D eigenvalue weighted by Crippen LogP contribution is 2.20. The summed E-state index contributed by atoms with van der Waals surface area (Å²) >= 11 is 0. The van der Waals surface area contributed by atoms with Crippen molar-refractivity contribution in [3.05, 3.63) is 0 Å². The summed E-state index contributed by atoms with van der Waals surface area (Å²) in [6.07, 6.45) is 12.0. The summed E-state index contributed by atoms with van der Waals surface area (Å²) in [4.78, 5) is 12.2. The van der Waals surface area contributed by atoms with E-state index < -0.39 is 0 Å². The van der Waals surface area contributed by atoms with Gasteiger partial charge in [0.1, 0.15) is 0 Å². The molecular formula is C18H36N2O. The van der Waals surface area contributed by atoms with E-state index in [4.69, 9.17) is 0 Å².